The fourth-order valence-corrected chi connectivity index (χ4v) is 4.18. The monoisotopic (exact) mass is 455 g/mol. The third-order valence-electron chi connectivity index (χ3n) is 6.35. The standard InChI is InChI=1S/C30H46FNO/c1-3-5-7-9-10-11-13-24-33-29-21-19-27(20-22-29)30-23-18-26(25-32-30)15-14-17-28(31)16-12-8-6-4-2/h18-23,25,28H,3-17,24H2,1-2H3. The van der Waals surface area contributed by atoms with Gasteiger partial charge in [0.05, 0.1) is 12.3 Å². The molecule has 0 saturated heterocycles. The van der Waals surface area contributed by atoms with E-state index in [1.807, 2.05) is 18.3 Å². The zero-order chi connectivity index (χ0) is 23.6. The molecule has 0 saturated carbocycles. The molecule has 0 N–H and O–H groups in total. The molecule has 1 atom stereocenters. The zero-order valence-corrected chi connectivity index (χ0v) is 21.2. The van der Waals surface area contributed by atoms with Crippen LogP contribution in [-0.4, -0.2) is 17.8 Å². The van der Waals surface area contributed by atoms with Crippen LogP contribution in [0.2, 0.25) is 0 Å². The normalized spacial score (nSPS) is 12.1. The summed E-state index contributed by atoms with van der Waals surface area (Å²) in [6, 6.07) is 12.4. The maximum atomic E-state index is 14.0. The van der Waals surface area contributed by atoms with Crippen molar-refractivity contribution in [3.8, 4) is 17.0 Å². The molecule has 0 aliphatic rings. The topological polar surface area (TPSA) is 22.1 Å². The Kier molecular flexibility index (Phi) is 14.6. The van der Waals surface area contributed by atoms with Crippen LogP contribution in [0.4, 0.5) is 4.39 Å². The van der Waals surface area contributed by atoms with E-state index in [1.54, 1.807) is 0 Å². The van der Waals surface area contributed by atoms with Crippen molar-refractivity contribution in [2.75, 3.05) is 6.61 Å². The maximum absolute atomic E-state index is 14.0. The summed E-state index contributed by atoms with van der Waals surface area (Å²) in [4.78, 5) is 4.63. The number of pyridine rings is 1. The first kappa shape index (κ1) is 27.3. The predicted octanol–water partition coefficient (Wildman–Crippen LogP) is 9.51. The van der Waals surface area contributed by atoms with Crippen LogP contribution in [-0.2, 0) is 6.42 Å². The van der Waals surface area contributed by atoms with E-state index >= 15 is 0 Å². The first-order valence-corrected chi connectivity index (χ1v) is 13.5. The van der Waals surface area contributed by atoms with Crippen molar-refractivity contribution in [2.45, 2.75) is 116 Å². The number of halogens is 1. The lowest BCUT2D eigenvalue weighted by atomic mass is 10.0. The van der Waals surface area contributed by atoms with Crippen molar-refractivity contribution >= 4 is 0 Å². The SMILES string of the molecule is CCCCCCCCCOc1ccc(-c2ccc(CCCC(F)CCCCCC)cn2)cc1. The predicted molar refractivity (Wildman–Crippen MR) is 140 cm³/mol. The smallest absolute Gasteiger partial charge is 0.119 e. The van der Waals surface area contributed by atoms with Crippen LogP contribution < -0.4 is 4.74 Å². The summed E-state index contributed by atoms with van der Waals surface area (Å²) in [5.41, 5.74) is 3.25. The number of unbranched alkanes of at least 4 members (excludes halogenated alkanes) is 9. The minimum atomic E-state index is -0.652. The summed E-state index contributed by atoms with van der Waals surface area (Å²) in [5.74, 6) is 0.928. The van der Waals surface area contributed by atoms with Crippen molar-refractivity contribution in [3.63, 3.8) is 0 Å². The molecule has 33 heavy (non-hydrogen) atoms. The van der Waals surface area contributed by atoms with Crippen LogP contribution >= 0.6 is 0 Å². The highest BCUT2D eigenvalue weighted by Crippen LogP contribution is 2.22. The van der Waals surface area contributed by atoms with Gasteiger partial charge in [-0.1, -0.05) is 84.1 Å². The van der Waals surface area contributed by atoms with E-state index in [-0.39, 0.29) is 0 Å². The summed E-state index contributed by atoms with van der Waals surface area (Å²) in [6.07, 6.45) is 18.1. The molecule has 1 aromatic carbocycles. The number of hydrogen-bond acceptors (Lipinski definition) is 2. The lowest BCUT2D eigenvalue weighted by Crippen LogP contribution is -2.01. The fraction of sp³-hybridized carbons (Fsp3) is 0.633. The molecule has 0 bridgehead atoms. The molecule has 0 aliphatic carbocycles. The zero-order valence-electron chi connectivity index (χ0n) is 21.2. The molecule has 2 rings (SSSR count). The number of hydrogen-bond donors (Lipinski definition) is 0. The van der Waals surface area contributed by atoms with E-state index in [4.69, 9.17) is 4.74 Å². The number of rotatable bonds is 19. The third-order valence-corrected chi connectivity index (χ3v) is 6.35. The van der Waals surface area contributed by atoms with Gasteiger partial charge in [0.1, 0.15) is 11.9 Å². The molecule has 184 valence electrons. The summed E-state index contributed by atoms with van der Waals surface area (Å²) in [7, 11) is 0. The number of ether oxygens (including phenoxy) is 1. The molecule has 0 aliphatic heterocycles. The average Bonchev–Trinajstić information content (AvgIpc) is 2.84. The van der Waals surface area contributed by atoms with Crippen LogP contribution in [0.25, 0.3) is 11.3 Å². The quantitative estimate of drug-likeness (QED) is 0.197. The van der Waals surface area contributed by atoms with Crippen molar-refractivity contribution in [1.29, 1.82) is 0 Å². The minimum Gasteiger partial charge on any atom is -0.494 e. The number of nitrogens with zero attached hydrogens (tertiary/aromatic N) is 1. The largest absolute Gasteiger partial charge is 0.494 e. The van der Waals surface area contributed by atoms with E-state index in [1.165, 1.54) is 56.9 Å². The van der Waals surface area contributed by atoms with E-state index in [0.29, 0.717) is 6.42 Å². The van der Waals surface area contributed by atoms with E-state index in [9.17, 15) is 4.39 Å². The molecule has 0 fully saturated rings. The fourth-order valence-electron chi connectivity index (χ4n) is 4.18. The van der Waals surface area contributed by atoms with E-state index in [0.717, 1.165) is 62.1 Å². The second-order valence-electron chi connectivity index (χ2n) is 9.38. The van der Waals surface area contributed by atoms with Gasteiger partial charge in [-0.05, 0) is 68.0 Å². The maximum Gasteiger partial charge on any atom is 0.119 e. The number of aromatic nitrogens is 1. The van der Waals surface area contributed by atoms with Crippen molar-refractivity contribution < 1.29 is 9.13 Å². The lowest BCUT2D eigenvalue weighted by Gasteiger charge is -2.09. The van der Waals surface area contributed by atoms with Crippen LogP contribution in [0.5, 0.6) is 5.75 Å². The van der Waals surface area contributed by atoms with Gasteiger partial charge < -0.3 is 4.74 Å². The molecular weight excluding hydrogens is 409 g/mol. The van der Waals surface area contributed by atoms with Crippen LogP contribution in [0.15, 0.2) is 42.6 Å². The minimum absolute atomic E-state index is 0.652. The number of alkyl halides is 1. The second-order valence-corrected chi connectivity index (χ2v) is 9.38. The Balaban J connectivity index is 1.64. The Hall–Kier alpha value is -1.90. The van der Waals surface area contributed by atoms with Crippen LogP contribution in [0.1, 0.15) is 109 Å². The second kappa shape index (κ2) is 17.6. The van der Waals surface area contributed by atoms with Gasteiger partial charge in [0, 0.05) is 11.8 Å². The van der Waals surface area contributed by atoms with E-state index < -0.39 is 6.17 Å². The molecule has 2 aromatic rings. The Morgan fingerprint density at radius 1 is 0.727 bits per heavy atom. The molecule has 0 amide bonds. The summed E-state index contributed by atoms with van der Waals surface area (Å²) < 4.78 is 19.9. The average molecular weight is 456 g/mol. The molecular formula is C30H46FNO. The van der Waals surface area contributed by atoms with Crippen molar-refractivity contribution in [1.82, 2.24) is 4.98 Å². The van der Waals surface area contributed by atoms with Crippen molar-refractivity contribution in [3.05, 3.63) is 48.2 Å². The van der Waals surface area contributed by atoms with Gasteiger partial charge >= 0.3 is 0 Å². The molecule has 1 heterocycles. The first-order valence-electron chi connectivity index (χ1n) is 13.5. The summed E-state index contributed by atoms with van der Waals surface area (Å²) in [6.45, 7) is 5.23. The van der Waals surface area contributed by atoms with Gasteiger partial charge in [-0.2, -0.15) is 0 Å². The molecule has 1 unspecified atom stereocenters. The molecule has 1 aromatic heterocycles. The van der Waals surface area contributed by atoms with E-state index in [2.05, 4.69) is 43.1 Å². The van der Waals surface area contributed by atoms with Gasteiger partial charge in [0.25, 0.3) is 0 Å². The first-order chi connectivity index (χ1) is 16.2. The highest BCUT2D eigenvalue weighted by molar-refractivity contribution is 5.60. The highest BCUT2D eigenvalue weighted by Gasteiger charge is 2.07. The molecule has 0 radical (unpaired) electrons. The molecule has 2 nitrogen and oxygen atoms in total. The third kappa shape index (κ3) is 12.2. The lowest BCUT2D eigenvalue weighted by molar-refractivity contribution is 0.282. The Labute approximate surface area is 202 Å². The Bertz CT molecular complexity index is 713. The van der Waals surface area contributed by atoms with Crippen molar-refractivity contribution in [2.24, 2.45) is 0 Å². The number of aryl methyl sites for hydroxylation is 1. The van der Waals surface area contributed by atoms with Gasteiger partial charge in [-0.25, -0.2) is 4.39 Å². The van der Waals surface area contributed by atoms with Gasteiger partial charge in [0.15, 0.2) is 0 Å². The summed E-state index contributed by atoms with van der Waals surface area (Å²) in [5, 5.41) is 0. The summed E-state index contributed by atoms with van der Waals surface area (Å²) >= 11 is 0. The number of benzene rings is 1. The Morgan fingerprint density at radius 3 is 2.03 bits per heavy atom. The Morgan fingerprint density at radius 2 is 1.36 bits per heavy atom. The van der Waals surface area contributed by atoms with Gasteiger partial charge in [0.2, 0.25) is 0 Å². The van der Waals surface area contributed by atoms with Crippen LogP contribution in [0.3, 0.4) is 0 Å². The highest BCUT2D eigenvalue weighted by atomic mass is 19.1. The van der Waals surface area contributed by atoms with Gasteiger partial charge in [-0.3, -0.25) is 4.98 Å². The molecule has 0 spiro atoms. The van der Waals surface area contributed by atoms with Crippen LogP contribution in [0, 0.1) is 0 Å². The van der Waals surface area contributed by atoms with Gasteiger partial charge in [-0.15, -0.1) is 0 Å². The molecule has 3 heteroatoms.